The van der Waals surface area contributed by atoms with Gasteiger partial charge in [-0.25, -0.2) is 27.2 Å². The van der Waals surface area contributed by atoms with Crippen molar-refractivity contribution >= 4 is 35.2 Å². The molecule has 6 aliphatic rings. The number of amides is 2. The zero-order valence-corrected chi connectivity index (χ0v) is 41.9. The van der Waals surface area contributed by atoms with E-state index >= 15 is 0 Å². The number of alkyl halides is 4. The number of hydrogen-bond acceptors (Lipinski definition) is 12. The quantitative estimate of drug-likeness (QED) is 0.161. The summed E-state index contributed by atoms with van der Waals surface area (Å²) in [5.74, 6) is 1.98. The summed E-state index contributed by atoms with van der Waals surface area (Å²) in [5, 5.41) is 28.9. The zero-order valence-electron chi connectivity index (χ0n) is 41.9. The Morgan fingerprint density at radius 3 is 1.33 bits per heavy atom. The second kappa shape index (κ2) is 22.7. The Labute approximate surface area is 407 Å². The van der Waals surface area contributed by atoms with Crippen molar-refractivity contribution in [2.45, 2.75) is 144 Å². The number of rotatable bonds is 8. The first-order valence-electron chi connectivity index (χ1n) is 25.0. The Bertz CT molecular complexity index is 2300. The Kier molecular flexibility index (Phi) is 17.0. The van der Waals surface area contributed by atoms with E-state index in [1.54, 1.807) is 35.8 Å². The maximum absolute atomic E-state index is 13.7. The lowest BCUT2D eigenvalue weighted by Crippen LogP contribution is -2.38. The van der Waals surface area contributed by atoms with Gasteiger partial charge in [-0.15, -0.1) is 0 Å². The standard InChI is InChI=1S/2C23H29F2N5O3.2C2H6/c2*1-13-16(21(24)25)10-20-18(26-13)4-3-6-29(20)22-17-11-28(23(32)33-2)7-5-19(17)30(27-22)15-8-14(9-15)12-31;2*1-2/h2*10,14-15,21,31H,3-9,11-12H2,1-2H3;2*1-2H3. The van der Waals surface area contributed by atoms with Crippen molar-refractivity contribution in [3.63, 3.8) is 0 Å². The molecule has 0 saturated heterocycles. The number of methoxy groups -OCH3 is 2. The summed E-state index contributed by atoms with van der Waals surface area (Å²) in [6.45, 7) is 14.7. The van der Waals surface area contributed by atoms with Gasteiger partial charge in [0.2, 0.25) is 0 Å². The number of aliphatic hydroxyl groups is 2. The Balaban J connectivity index is 0.000000193. The molecule has 2 fully saturated rings. The van der Waals surface area contributed by atoms with Crippen molar-refractivity contribution in [3.8, 4) is 0 Å². The number of ether oxygens (including phenoxy) is 2. The Morgan fingerprint density at radius 1 is 0.629 bits per heavy atom. The van der Waals surface area contributed by atoms with Gasteiger partial charge in [-0.05, 0) is 89.2 Å². The predicted molar refractivity (Wildman–Crippen MR) is 256 cm³/mol. The summed E-state index contributed by atoms with van der Waals surface area (Å²) in [4.78, 5) is 40.8. The van der Waals surface area contributed by atoms with Crippen molar-refractivity contribution in [3.05, 3.63) is 68.6 Å². The van der Waals surface area contributed by atoms with E-state index in [2.05, 4.69) is 19.3 Å². The smallest absolute Gasteiger partial charge is 0.409 e. The molecular formula is C50H70F4N10O6. The molecule has 0 radical (unpaired) electrons. The molecule has 384 valence electrons. The molecule has 2 aliphatic carbocycles. The van der Waals surface area contributed by atoms with E-state index in [9.17, 15) is 37.4 Å². The topological polar surface area (TPSA) is 167 Å². The third-order valence-corrected chi connectivity index (χ3v) is 14.4. The van der Waals surface area contributed by atoms with Crippen molar-refractivity contribution < 1.29 is 46.8 Å². The van der Waals surface area contributed by atoms with Crippen molar-refractivity contribution in [1.82, 2.24) is 39.3 Å². The van der Waals surface area contributed by atoms with Gasteiger partial charge in [0, 0.05) is 97.3 Å². The molecule has 0 bridgehead atoms. The van der Waals surface area contributed by atoms with Crippen LogP contribution in [0.4, 0.5) is 50.2 Å². The summed E-state index contributed by atoms with van der Waals surface area (Å²) in [7, 11) is 2.73. The van der Waals surface area contributed by atoms with E-state index in [1.807, 2.05) is 37.5 Å². The van der Waals surface area contributed by atoms with E-state index in [-0.39, 0.29) is 60.4 Å². The molecule has 2 saturated carbocycles. The average Bonchev–Trinajstić information content (AvgIpc) is 3.91. The van der Waals surface area contributed by atoms with Gasteiger partial charge in [-0.1, -0.05) is 27.7 Å². The highest BCUT2D eigenvalue weighted by Crippen LogP contribution is 2.46. The largest absolute Gasteiger partial charge is 0.453 e. The molecule has 0 spiro atoms. The van der Waals surface area contributed by atoms with Crippen LogP contribution in [0.2, 0.25) is 0 Å². The van der Waals surface area contributed by atoms with Gasteiger partial charge in [-0.2, -0.15) is 10.2 Å². The van der Waals surface area contributed by atoms with Crippen molar-refractivity contribution in [2.24, 2.45) is 11.8 Å². The SMILES string of the molecule is CC.CC.COC(=O)N1CCc2c(c(N3CCCc4nc(C)c(C(F)F)cc43)nn2C2CC(CO)C2)C1.COC(=O)N1CCc2c(c(N3CCCc4nc(C)c(C(F)F)cc43)nn2C2CC(CO)C2)C1. The van der Waals surface area contributed by atoms with E-state index < -0.39 is 12.9 Å². The molecule has 0 aromatic carbocycles. The van der Waals surface area contributed by atoms with Crippen LogP contribution in [0.1, 0.15) is 148 Å². The molecule has 10 rings (SSSR count). The lowest BCUT2D eigenvalue weighted by atomic mass is 9.81. The van der Waals surface area contributed by atoms with Crippen molar-refractivity contribution in [1.29, 1.82) is 0 Å². The van der Waals surface area contributed by atoms with Crippen LogP contribution in [0, 0.1) is 25.7 Å². The normalized spacial score (nSPS) is 21.0. The second-order valence-corrected chi connectivity index (χ2v) is 18.4. The maximum atomic E-state index is 13.7. The number of halogens is 4. The highest BCUT2D eigenvalue weighted by Gasteiger charge is 2.40. The monoisotopic (exact) mass is 983 g/mol. The highest BCUT2D eigenvalue weighted by molar-refractivity contribution is 5.73. The minimum atomic E-state index is -2.60. The fraction of sp³-hybridized carbons (Fsp3) is 0.640. The molecule has 8 heterocycles. The van der Waals surface area contributed by atoms with Gasteiger partial charge in [0.25, 0.3) is 12.9 Å². The Morgan fingerprint density at radius 2 is 1.00 bits per heavy atom. The predicted octanol–water partition coefficient (Wildman–Crippen LogP) is 9.41. The van der Waals surface area contributed by atoms with Gasteiger partial charge in [0.1, 0.15) is 0 Å². The van der Waals surface area contributed by atoms with Gasteiger partial charge >= 0.3 is 12.2 Å². The Hall–Kier alpha value is -5.50. The number of nitrogens with zero attached hydrogens (tertiary/aromatic N) is 10. The first-order chi connectivity index (χ1) is 33.8. The first kappa shape index (κ1) is 52.3. The van der Waals surface area contributed by atoms with Crippen LogP contribution in [0.15, 0.2) is 12.1 Å². The summed E-state index contributed by atoms with van der Waals surface area (Å²) in [5.41, 5.74) is 7.58. The molecule has 4 aromatic heterocycles. The molecule has 4 aromatic rings. The third kappa shape index (κ3) is 10.2. The van der Waals surface area contributed by atoms with Crippen LogP contribution in [-0.4, -0.2) is 115 Å². The number of carbonyl (C=O) groups excluding carboxylic acids is 2. The van der Waals surface area contributed by atoms with Crippen LogP contribution in [-0.2, 0) is 48.2 Å². The third-order valence-electron chi connectivity index (χ3n) is 14.4. The molecule has 16 nitrogen and oxygen atoms in total. The van der Waals surface area contributed by atoms with E-state index in [4.69, 9.17) is 19.7 Å². The number of fused-ring (bicyclic) bond motifs is 4. The highest BCUT2D eigenvalue weighted by atomic mass is 19.3. The lowest BCUT2D eigenvalue weighted by molar-refractivity contribution is 0.101. The number of pyridine rings is 2. The minimum Gasteiger partial charge on any atom is -0.453 e. The van der Waals surface area contributed by atoms with Crippen LogP contribution < -0.4 is 9.80 Å². The summed E-state index contributed by atoms with van der Waals surface area (Å²) in [6.07, 6.45) is 1.89. The molecular weight excluding hydrogens is 913 g/mol. The molecule has 70 heavy (non-hydrogen) atoms. The second-order valence-electron chi connectivity index (χ2n) is 18.4. The average molecular weight is 983 g/mol. The van der Waals surface area contributed by atoms with Crippen LogP contribution in [0.25, 0.3) is 0 Å². The van der Waals surface area contributed by atoms with E-state index in [0.717, 1.165) is 85.3 Å². The lowest BCUT2D eigenvalue weighted by Gasteiger charge is -2.36. The van der Waals surface area contributed by atoms with Gasteiger partial charge in [0.05, 0.1) is 62.2 Å². The maximum Gasteiger partial charge on any atom is 0.409 e. The molecule has 2 amide bonds. The molecule has 0 unspecified atom stereocenters. The number of anilines is 4. The van der Waals surface area contributed by atoms with E-state index in [1.165, 1.54) is 14.2 Å². The molecule has 2 N–H and O–H groups in total. The summed E-state index contributed by atoms with van der Waals surface area (Å²) < 4.78 is 68.6. The van der Waals surface area contributed by atoms with E-state index in [0.29, 0.717) is 86.5 Å². The van der Waals surface area contributed by atoms with Gasteiger partial charge in [0.15, 0.2) is 11.6 Å². The van der Waals surface area contributed by atoms with Gasteiger partial charge in [-0.3, -0.25) is 19.3 Å². The van der Waals surface area contributed by atoms with Crippen LogP contribution in [0.5, 0.6) is 0 Å². The molecule has 0 atom stereocenters. The molecule has 4 aliphatic heterocycles. The van der Waals surface area contributed by atoms with Crippen LogP contribution in [0.3, 0.4) is 0 Å². The first-order valence-corrected chi connectivity index (χ1v) is 25.0. The summed E-state index contributed by atoms with van der Waals surface area (Å²) >= 11 is 0. The number of aliphatic hydroxyl groups excluding tert-OH is 2. The molecule has 20 heteroatoms. The minimum absolute atomic E-state index is 0.0603. The fourth-order valence-electron chi connectivity index (χ4n) is 10.6. The number of carbonyl (C=O) groups is 2. The fourth-order valence-corrected chi connectivity index (χ4v) is 10.6. The van der Waals surface area contributed by atoms with Gasteiger partial charge < -0.3 is 39.3 Å². The number of hydrogen-bond donors (Lipinski definition) is 2. The number of aryl methyl sites for hydroxylation is 4. The van der Waals surface area contributed by atoms with Crippen molar-refractivity contribution in [2.75, 3.05) is 63.4 Å². The van der Waals surface area contributed by atoms with Crippen LogP contribution >= 0.6 is 0 Å². The zero-order chi connectivity index (χ0) is 50.6. The number of aromatic nitrogens is 6. The summed E-state index contributed by atoms with van der Waals surface area (Å²) in [6, 6.07) is 3.51.